The van der Waals surface area contributed by atoms with E-state index in [-0.39, 0.29) is 35.6 Å². The number of hydrogen-bond acceptors (Lipinski definition) is 7. The number of anilines is 1. The summed E-state index contributed by atoms with van der Waals surface area (Å²) < 4.78 is 43.7. The number of nitrogens with zero attached hydrogens (tertiary/aromatic N) is 4. The van der Waals surface area contributed by atoms with Gasteiger partial charge >= 0.3 is 11.4 Å². The van der Waals surface area contributed by atoms with Gasteiger partial charge in [0.1, 0.15) is 5.76 Å². The number of hydrogen-bond donors (Lipinski definition) is 3. The Hall–Kier alpha value is -4.35. The highest BCUT2D eigenvalue weighted by molar-refractivity contribution is 6.12. The Morgan fingerprint density at radius 2 is 1.83 bits per heavy atom. The van der Waals surface area contributed by atoms with Crippen LogP contribution in [-0.4, -0.2) is 37.5 Å². The van der Waals surface area contributed by atoms with E-state index in [4.69, 9.17) is 0 Å². The Bertz CT molecular complexity index is 1620. The van der Waals surface area contributed by atoms with Gasteiger partial charge in [0.25, 0.3) is 0 Å². The summed E-state index contributed by atoms with van der Waals surface area (Å²) in [5, 5.41) is 16.9. The van der Waals surface area contributed by atoms with Crippen molar-refractivity contribution in [3.63, 3.8) is 0 Å². The second-order valence-corrected chi connectivity index (χ2v) is 10.2. The van der Waals surface area contributed by atoms with E-state index in [1.165, 1.54) is 6.08 Å². The van der Waals surface area contributed by atoms with E-state index in [1.54, 1.807) is 19.1 Å². The zero-order chi connectivity index (χ0) is 30.6. The molecule has 4 rings (SSSR count). The van der Waals surface area contributed by atoms with Gasteiger partial charge in [-0.15, -0.1) is 0 Å². The minimum atomic E-state index is -1.63. The van der Waals surface area contributed by atoms with Crippen LogP contribution in [0.2, 0.25) is 0 Å². The molecule has 1 heterocycles. The fraction of sp³-hybridized carbons (Fsp3) is 0.400. The van der Waals surface area contributed by atoms with Crippen molar-refractivity contribution < 1.29 is 18.3 Å². The molecule has 1 atom stereocenters. The average Bonchev–Trinajstić information content (AvgIpc) is 2.92. The van der Waals surface area contributed by atoms with Crippen LogP contribution >= 0.6 is 0 Å². The highest BCUT2D eigenvalue weighted by atomic mass is 19.2. The van der Waals surface area contributed by atoms with Crippen molar-refractivity contribution in [2.45, 2.75) is 72.5 Å². The second kappa shape index (κ2) is 13.1. The maximum Gasteiger partial charge on any atom is 0.355 e. The summed E-state index contributed by atoms with van der Waals surface area (Å²) >= 11 is 0. The minimum absolute atomic E-state index is 0.0137. The summed E-state index contributed by atoms with van der Waals surface area (Å²) in [6, 6.07) is 1.56. The summed E-state index contributed by atoms with van der Waals surface area (Å²) in [6.45, 7) is 7.73. The van der Waals surface area contributed by atoms with E-state index in [2.05, 4.69) is 20.6 Å². The zero-order valence-corrected chi connectivity index (χ0v) is 24.1. The molecule has 0 bridgehead atoms. The number of allylic oxidation sites excluding steroid dienone is 6. The van der Waals surface area contributed by atoms with Crippen LogP contribution in [0.25, 0.3) is 0 Å². The lowest BCUT2D eigenvalue weighted by atomic mass is 9.90. The lowest BCUT2D eigenvalue weighted by Gasteiger charge is -2.24. The third kappa shape index (κ3) is 6.58. The van der Waals surface area contributed by atoms with E-state index >= 15 is 0 Å². The first-order chi connectivity index (χ1) is 20.1. The van der Waals surface area contributed by atoms with E-state index in [1.807, 2.05) is 20.8 Å². The maximum absolute atomic E-state index is 14.1. The van der Waals surface area contributed by atoms with Gasteiger partial charge in [0.05, 0.1) is 24.5 Å². The van der Waals surface area contributed by atoms with Gasteiger partial charge in [-0.1, -0.05) is 13.0 Å². The molecule has 224 valence electrons. The van der Waals surface area contributed by atoms with Crippen molar-refractivity contribution in [1.82, 2.24) is 19.4 Å². The quantitative estimate of drug-likeness (QED) is 0.344. The number of rotatable bonds is 10. The molecule has 3 N–H and O–H groups in total. The molecule has 1 unspecified atom stereocenters. The predicted octanol–water partition coefficient (Wildman–Crippen LogP) is 4.86. The van der Waals surface area contributed by atoms with E-state index in [0.29, 0.717) is 17.8 Å². The predicted molar refractivity (Wildman–Crippen MR) is 156 cm³/mol. The standard InChI is InChI=1S/C30H35F3N6O3/c1-5-17(4)35-23-14-26(40)24(13-19(23)6-2)36-28-37-29(41)39(16-25(34-7-3)20-9-8-10-20)30(42)38(28)15-18-11-21(31)27(33)22(32)12-18/h6,11-14,17,34,40H,5,7-10,15-16H2,1-4H3,(H,36,37,41)/b19-6-,35-23-. The number of nitrogens with one attached hydrogen (secondary N) is 2. The van der Waals surface area contributed by atoms with Crippen LogP contribution in [-0.2, 0) is 13.1 Å². The average molecular weight is 585 g/mol. The zero-order valence-electron chi connectivity index (χ0n) is 24.1. The number of aliphatic hydroxyl groups is 1. The Labute approximate surface area is 241 Å². The Morgan fingerprint density at radius 1 is 1.14 bits per heavy atom. The number of likely N-dealkylation sites (N-methyl/N-ethyl adjacent to an activating group) is 1. The van der Waals surface area contributed by atoms with Gasteiger partial charge in [-0.2, -0.15) is 4.98 Å². The summed E-state index contributed by atoms with van der Waals surface area (Å²) in [7, 11) is 0. The minimum Gasteiger partial charge on any atom is -0.506 e. The third-order valence-electron chi connectivity index (χ3n) is 7.28. The normalized spacial score (nSPS) is 17.5. The van der Waals surface area contributed by atoms with Crippen molar-refractivity contribution in [2.24, 2.45) is 4.99 Å². The molecule has 1 aromatic carbocycles. The van der Waals surface area contributed by atoms with Gasteiger partial charge in [-0.25, -0.2) is 27.3 Å². The van der Waals surface area contributed by atoms with Crippen LogP contribution in [0.5, 0.6) is 0 Å². The van der Waals surface area contributed by atoms with Crippen LogP contribution in [0.3, 0.4) is 0 Å². The van der Waals surface area contributed by atoms with Crippen molar-refractivity contribution in [2.75, 3.05) is 11.9 Å². The molecular weight excluding hydrogens is 549 g/mol. The molecule has 2 aromatic rings. The SMILES string of the molecule is C/C=C1/C=C(Nc2nc(=O)n(CC(NCC)=C3CCC3)c(=O)n2Cc2cc(F)c(F)c(F)c2)C(O)=C/C1=N/C(C)CC. The molecule has 0 spiro atoms. The van der Waals surface area contributed by atoms with Crippen LogP contribution in [0.15, 0.2) is 73.2 Å². The first-order valence-corrected chi connectivity index (χ1v) is 14.0. The molecule has 2 aliphatic rings. The first-order valence-electron chi connectivity index (χ1n) is 14.0. The summed E-state index contributed by atoms with van der Waals surface area (Å²) in [5.41, 5.74) is 1.51. The number of halogens is 3. The van der Waals surface area contributed by atoms with Crippen LogP contribution < -0.4 is 22.0 Å². The van der Waals surface area contributed by atoms with E-state index in [0.717, 1.165) is 58.2 Å². The van der Waals surface area contributed by atoms with Gasteiger partial charge in [0.15, 0.2) is 17.5 Å². The lowest BCUT2D eigenvalue weighted by Crippen LogP contribution is -2.44. The highest BCUT2D eigenvalue weighted by Gasteiger charge is 2.22. The highest BCUT2D eigenvalue weighted by Crippen LogP contribution is 2.28. The van der Waals surface area contributed by atoms with Crippen LogP contribution in [0.1, 0.15) is 58.9 Å². The molecule has 1 aromatic heterocycles. The number of aromatic nitrogens is 3. The Kier molecular flexibility index (Phi) is 9.54. The van der Waals surface area contributed by atoms with Gasteiger partial charge in [-0.3, -0.25) is 9.56 Å². The lowest BCUT2D eigenvalue weighted by molar-refractivity contribution is 0.424. The Morgan fingerprint density at radius 3 is 2.40 bits per heavy atom. The summed E-state index contributed by atoms with van der Waals surface area (Å²) in [4.78, 5) is 35.7. The molecule has 1 fully saturated rings. The molecule has 12 heteroatoms. The first kappa shape index (κ1) is 30.6. The summed E-state index contributed by atoms with van der Waals surface area (Å²) in [6.07, 6.45) is 8.36. The van der Waals surface area contributed by atoms with Crippen LogP contribution in [0, 0.1) is 17.5 Å². The largest absolute Gasteiger partial charge is 0.506 e. The number of aliphatic imine (C=N–C) groups is 1. The molecule has 0 radical (unpaired) electrons. The molecule has 2 aliphatic carbocycles. The van der Waals surface area contributed by atoms with Gasteiger partial charge in [-0.05, 0) is 81.4 Å². The van der Waals surface area contributed by atoms with Crippen LogP contribution in [0.4, 0.5) is 19.1 Å². The second-order valence-electron chi connectivity index (χ2n) is 10.2. The van der Waals surface area contributed by atoms with E-state index < -0.39 is 35.4 Å². The maximum atomic E-state index is 14.1. The molecular formula is C30H35F3N6O3. The van der Waals surface area contributed by atoms with Crippen molar-refractivity contribution in [1.29, 1.82) is 0 Å². The third-order valence-corrected chi connectivity index (χ3v) is 7.28. The molecule has 0 amide bonds. The van der Waals surface area contributed by atoms with Crippen molar-refractivity contribution in [3.05, 3.63) is 103 Å². The number of aliphatic hydroxyl groups excluding tert-OH is 1. The number of benzene rings is 1. The topological polar surface area (TPSA) is 114 Å². The molecule has 42 heavy (non-hydrogen) atoms. The summed E-state index contributed by atoms with van der Waals surface area (Å²) in [5.74, 6) is -4.95. The van der Waals surface area contributed by atoms with Gasteiger partial charge < -0.3 is 15.7 Å². The monoisotopic (exact) mass is 584 g/mol. The van der Waals surface area contributed by atoms with Crippen molar-refractivity contribution >= 4 is 11.7 Å². The fourth-order valence-corrected chi connectivity index (χ4v) is 4.59. The van der Waals surface area contributed by atoms with Gasteiger partial charge in [0.2, 0.25) is 5.95 Å². The van der Waals surface area contributed by atoms with Gasteiger partial charge in [0, 0.05) is 24.4 Å². The fourth-order valence-electron chi connectivity index (χ4n) is 4.59. The van der Waals surface area contributed by atoms with Crippen molar-refractivity contribution in [3.8, 4) is 0 Å². The molecule has 9 nitrogen and oxygen atoms in total. The Balaban J connectivity index is 1.81. The molecule has 1 saturated carbocycles. The van der Waals surface area contributed by atoms with E-state index in [9.17, 15) is 27.9 Å². The molecule has 0 saturated heterocycles. The smallest absolute Gasteiger partial charge is 0.355 e. The molecule has 0 aliphatic heterocycles.